The Hall–Kier alpha value is -0.120. The standard InChI is InChI=1S/C11H18ClNOS/c1-2-3-6-14-7-4-5-11-13-10(8-12)9-15-11/h9H,2-8H2,1H3. The van der Waals surface area contributed by atoms with Crippen LogP contribution >= 0.6 is 22.9 Å². The third-order valence-electron chi connectivity index (χ3n) is 2.06. The van der Waals surface area contributed by atoms with Gasteiger partial charge in [0.2, 0.25) is 0 Å². The van der Waals surface area contributed by atoms with Gasteiger partial charge in [-0.3, -0.25) is 0 Å². The van der Waals surface area contributed by atoms with Gasteiger partial charge in [-0.15, -0.1) is 22.9 Å². The van der Waals surface area contributed by atoms with E-state index < -0.39 is 0 Å². The lowest BCUT2D eigenvalue weighted by Gasteiger charge is -2.01. The molecule has 0 spiro atoms. The number of hydrogen-bond donors (Lipinski definition) is 0. The van der Waals surface area contributed by atoms with Crippen LogP contribution in [0.25, 0.3) is 0 Å². The maximum atomic E-state index is 5.68. The Balaban J connectivity index is 2.04. The van der Waals surface area contributed by atoms with Crippen molar-refractivity contribution in [2.75, 3.05) is 13.2 Å². The minimum atomic E-state index is 0.517. The van der Waals surface area contributed by atoms with Crippen LogP contribution < -0.4 is 0 Å². The van der Waals surface area contributed by atoms with Crippen molar-refractivity contribution in [3.05, 3.63) is 16.1 Å². The van der Waals surface area contributed by atoms with E-state index in [1.807, 2.05) is 5.38 Å². The molecule has 0 N–H and O–H groups in total. The Kier molecular flexibility index (Phi) is 6.98. The van der Waals surface area contributed by atoms with Gasteiger partial charge in [0.1, 0.15) is 0 Å². The molecule has 1 aromatic heterocycles. The molecule has 4 heteroatoms. The molecule has 86 valence electrons. The zero-order valence-corrected chi connectivity index (χ0v) is 10.7. The van der Waals surface area contributed by atoms with Crippen molar-refractivity contribution in [2.45, 2.75) is 38.5 Å². The number of nitrogens with zero attached hydrogens (tertiary/aromatic N) is 1. The van der Waals surface area contributed by atoms with Crippen LogP contribution in [0.15, 0.2) is 5.38 Å². The summed E-state index contributed by atoms with van der Waals surface area (Å²) in [6.07, 6.45) is 4.42. The summed E-state index contributed by atoms with van der Waals surface area (Å²) < 4.78 is 5.48. The van der Waals surface area contributed by atoms with E-state index >= 15 is 0 Å². The Morgan fingerprint density at radius 3 is 2.87 bits per heavy atom. The molecular weight excluding hydrogens is 230 g/mol. The van der Waals surface area contributed by atoms with Gasteiger partial charge in [-0.05, 0) is 12.8 Å². The van der Waals surface area contributed by atoms with Gasteiger partial charge in [0.25, 0.3) is 0 Å². The van der Waals surface area contributed by atoms with E-state index in [0.29, 0.717) is 5.88 Å². The molecule has 15 heavy (non-hydrogen) atoms. The van der Waals surface area contributed by atoms with Gasteiger partial charge in [0, 0.05) is 25.0 Å². The van der Waals surface area contributed by atoms with Crippen LogP contribution in [-0.2, 0) is 17.0 Å². The first kappa shape index (κ1) is 12.9. The largest absolute Gasteiger partial charge is 0.381 e. The summed E-state index contributed by atoms with van der Waals surface area (Å²) in [5.74, 6) is 0.517. The molecule has 0 fully saturated rings. The number of aromatic nitrogens is 1. The highest BCUT2D eigenvalue weighted by molar-refractivity contribution is 7.09. The van der Waals surface area contributed by atoms with E-state index in [-0.39, 0.29) is 0 Å². The van der Waals surface area contributed by atoms with Crippen LogP contribution in [0.5, 0.6) is 0 Å². The maximum absolute atomic E-state index is 5.68. The van der Waals surface area contributed by atoms with Crippen LogP contribution in [0.4, 0.5) is 0 Å². The molecule has 0 saturated carbocycles. The molecule has 0 bridgehead atoms. The van der Waals surface area contributed by atoms with E-state index in [1.54, 1.807) is 11.3 Å². The van der Waals surface area contributed by atoms with Gasteiger partial charge in [0.15, 0.2) is 0 Å². The number of unbranched alkanes of at least 4 members (excludes halogenated alkanes) is 1. The summed E-state index contributed by atoms with van der Waals surface area (Å²) in [6, 6.07) is 0. The average molecular weight is 248 g/mol. The smallest absolute Gasteiger partial charge is 0.0929 e. The van der Waals surface area contributed by atoms with Crippen molar-refractivity contribution >= 4 is 22.9 Å². The highest BCUT2D eigenvalue weighted by Gasteiger charge is 2.00. The molecule has 1 aromatic rings. The van der Waals surface area contributed by atoms with Crippen LogP contribution in [0.2, 0.25) is 0 Å². The van der Waals surface area contributed by atoms with Crippen LogP contribution in [0.3, 0.4) is 0 Å². The molecule has 0 aliphatic rings. The van der Waals surface area contributed by atoms with Crippen LogP contribution in [0.1, 0.15) is 36.9 Å². The summed E-state index contributed by atoms with van der Waals surface area (Å²) in [6.45, 7) is 3.91. The predicted molar refractivity (Wildman–Crippen MR) is 65.7 cm³/mol. The molecule has 0 aliphatic heterocycles. The summed E-state index contributed by atoms with van der Waals surface area (Å²) >= 11 is 7.37. The van der Waals surface area contributed by atoms with Crippen molar-refractivity contribution < 1.29 is 4.74 Å². The summed E-state index contributed by atoms with van der Waals surface area (Å²) in [5, 5.41) is 3.20. The van der Waals surface area contributed by atoms with Crippen molar-refractivity contribution in [3.63, 3.8) is 0 Å². The van der Waals surface area contributed by atoms with Gasteiger partial charge in [-0.1, -0.05) is 13.3 Å². The lowest BCUT2D eigenvalue weighted by molar-refractivity contribution is 0.129. The molecule has 0 aromatic carbocycles. The van der Waals surface area contributed by atoms with E-state index in [1.165, 1.54) is 11.4 Å². The van der Waals surface area contributed by atoms with Crippen molar-refractivity contribution in [2.24, 2.45) is 0 Å². The van der Waals surface area contributed by atoms with Crippen LogP contribution in [-0.4, -0.2) is 18.2 Å². The van der Waals surface area contributed by atoms with Gasteiger partial charge in [0.05, 0.1) is 16.6 Å². The molecule has 1 heterocycles. The second-order valence-corrected chi connectivity index (χ2v) is 4.65. The molecule has 1 rings (SSSR count). The Morgan fingerprint density at radius 1 is 1.40 bits per heavy atom. The minimum Gasteiger partial charge on any atom is -0.381 e. The fourth-order valence-electron chi connectivity index (χ4n) is 1.20. The minimum absolute atomic E-state index is 0.517. The molecule has 2 nitrogen and oxygen atoms in total. The van der Waals surface area contributed by atoms with Gasteiger partial charge >= 0.3 is 0 Å². The van der Waals surface area contributed by atoms with E-state index in [9.17, 15) is 0 Å². The second kappa shape index (κ2) is 8.08. The molecular formula is C11H18ClNOS. The van der Waals surface area contributed by atoms with E-state index in [0.717, 1.165) is 38.2 Å². The molecule has 0 radical (unpaired) electrons. The lowest BCUT2D eigenvalue weighted by atomic mass is 10.3. The fourth-order valence-corrected chi connectivity index (χ4v) is 2.27. The fraction of sp³-hybridized carbons (Fsp3) is 0.727. The topological polar surface area (TPSA) is 22.1 Å². The molecule has 0 amide bonds. The quantitative estimate of drug-likeness (QED) is 0.517. The monoisotopic (exact) mass is 247 g/mol. The Bertz CT molecular complexity index is 265. The SMILES string of the molecule is CCCCOCCCc1nc(CCl)cs1. The van der Waals surface area contributed by atoms with Gasteiger partial charge in [-0.2, -0.15) is 0 Å². The summed E-state index contributed by atoms with van der Waals surface area (Å²) in [5.41, 5.74) is 0.989. The number of rotatable bonds is 8. The summed E-state index contributed by atoms with van der Waals surface area (Å²) in [4.78, 5) is 4.39. The number of hydrogen-bond acceptors (Lipinski definition) is 3. The first-order valence-electron chi connectivity index (χ1n) is 5.43. The highest BCUT2D eigenvalue weighted by atomic mass is 35.5. The number of halogens is 1. The first-order chi connectivity index (χ1) is 7.36. The zero-order valence-electron chi connectivity index (χ0n) is 9.17. The Morgan fingerprint density at radius 2 is 2.20 bits per heavy atom. The maximum Gasteiger partial charge on any atom is 0.0929 e. The number of ether oxygens (including phenoxy) is 1. The van der Waals surface area contributed by atoms with Gasteiger partial charge < -0.3 is 4.74 Å². The number of aryl methyl sites for hydroxylation is 1. The van der Waals surface area contributed by atoms with E-state index in [2.05, 4.69) is 11.9 Å². The van der Waals surface area contributed by atoms with E-state index in [4.69, 9.17) is 16.3 Å². The number of thiazole rings is 1. The van der Waals surface area contributed by atoms with Crippen molar-refractivity contribution in [3.8, 4) is 0 Å². The molecule has 0 atom stereocenters. The van der Waals surface area contributed by atoms with Crippen LogP contribution in [0, 0.1) is 0 Å². The molecule has 0 aliphatic carbocycles. The third-order valence-corrected chi connectivity index (χ3v) is 3.29. The lowest BCUT2D eigenvalue weighted by Crippen LogP contribution is -1.98. The second-order valence-electron chi connectivity index (χ2n) is 3.44. The molecule has 0 unspecified atom stereocenters. The highest BCUT2D eigenvalue weighted by Crippen LogP contribution is 2.13. The Labute approximate surface area is 101 Å². The number of alkyl halides is 1. The normalized spacial score (nSPS) is 10.8. The zero-order chi connectivity index (χ0) is 10.9. The van der Waals surface area contributed by atoms with Gasteiger partial charge in [-0.25, -0.2) is 4.98 Å². The summed E-state index contributed by atoms with van der Waals surface area (Å²) in [7, 11) is 0. The van der Waals surface area contributed by atoms with Crippen molar-refractivity contribution in [1.29, 1.82) is 0 Å². The third kappa shape index (κ3) is 5.50. The molecule has 0 saturated heterocycles. The first-order valence-corrected chi connectivity index (χ1v) is 6.85. The predicted octanol–water partition coefficient (Wildman–Crippen LogP) is 3.63. The average Bonchev–Trinajstić information content (AvgIpc) is 2.71. The van der Waals surface area contributed by atoms with Crippen molar-refractivity contribution in [1.82, 2.24) is 4.98 Å².